The molecule has 5 aromatic carbocycles. The van der Waals surface area contributed by atoms with Gasteiger partial charge in [-0.1, -0.05) is 50.6 Å². The van der Waals surface area contributed by atoms with E-state index in [0.717, 1.165) is 40.6 Å². The van der Waals surface area contributed by atoms with Gasteiger partial charge in [-0.15, -0.1) is 0 Å². The summed E-state index contributed by atoms with van der Waals surface area (Å²) in [6.45, 7) is 16.2. The zero-order chi connectivity index (χ0) is 49.6. The average molecular weight is 929 g/mol. The molecule has 16 nitrogen and oxygen atoms in total. The molecule has 0 aliphatic heterocycles. The van der Waals surface area contributed by atoms with Crippen molar-refractivity contribution in [2.45, 2.75) is 32.5 Å². The summed E-state index contributed by atoms with van der Waals surface area (Å²) in [5, 5.41) is 10.9. The molecule has 0 spiro atoms. The van der Waals surface area contributed by atoms with Crippen LogP contribution in [0.2, 0.25) is 0 Å². The molecule has 0 bridgehead atoms. The monoisotopic (exact) mass is 928 g/mol. The number of hydrogen-bond donors (Lipinski definition) is 1. The van der Waals surface area contributed by atoms with Crippen molar-refractivity contribution < 1.29 is 76.6 Å². The lowest BCUT2D eigenvalue weighted by atomic mass is 10.1. The van der Waals surface area contributed by atoms with Crippen LogP contribution in [0.25, 0.3) is 10.8 Å². The van der Waals surface area contributed by atoms with E-state index in [4.69, 9.17) is 33.2 Å². The third-order valence-corrected chi connectivity index (χ3v) is 9.09. The van der Waals surface area contributed by atoms with Gasteiger partial charge in [0.1, 0.15) is 48.9 Å². The van der Waals surface area contributed by atoms with E-state index in [-0.39, 0.29) is 37.7 Å². The summed E-state index contributed by atoms with van der Waals surface area (Å²) in [5.41, 5.74) is 2.41. The molecule has 2 atom stereocenters. The molecule has 0 heterocycles. The Morgan fingerprint density at radius 2 is 1.07 bits per heavy atom. The molecule has 0 saturated carbocycles. The highest BCUT2D eigenvalue weighted by Gasteiger charge is 2.19. The Morgan fingerprint density at radius 3 is 1.72 bits per heavy atom. The second-order valence-electron chi connectivity index (χ2n) is 14.3. The van der Waals surface area contributed by atoms with Gasteiger partial charge in [-0.25, -0.2) is 33.6 Å². The number of esters is 7. The van der Waals surface area contributed by atoms with Gasteiger partial charge in [-0.2, -0.15) is 0 Å². The third-order valence-electron chi connectivity index (χ3n) is 9.09. The largest absolute Gasteiger partial charge is 0.508 e. The normalized spacial score (nSPS) is 11.1. The Kier molecular flexibility index (Phi) is 20.0. The highest BCUT2D eigenvalue weighted by Crippen LogP contribution is 2.25. The van der Waals surface area contributed by atoms with Crippen molar-refractivity contribution >= 4 is 52.6 Å². The van der Waals surface area contributed by atoms with Gasteiger partial charge in [0.05, 0.1) is 23.3 Å². The molecule has 5 aromatic rings. The smallest absolute Gasteiger partial charge is 0.343 e. The fourth-order valence-electron chi connectivity index (χ4n) is 5.64. The Hall–Kier alpha value is -8.79. The number of carbonyl (C=O) groups excluding carboxylic acids is 7. The first-order valence-corrected chi connectivity index (χ1v) is 20.6. The van der Waals surface area contributed by atoms with E-state index >= 15 is 0 Å². The summed E-state index contributed by atoms with van der Waals surface area (Å²) in [5.74, 6) is -3.01. The summed E-state index contributed by atoms with van der Waals surface area (Å²) in [4.78, 5) is 82.4. The lowest BCUT2D eigenvalue weighted by Gasteiger charge is -2.18. The molecule has 0 fully saturated rings. The predicted octanol–water partition coefficient (Wildman–Crippen LogP) is 7.73. The van der Waals surface area contributed by atoms with Gasteiger partial charge < -0.3 is 43.0 Å². The van der Waals surface area contributed by atoms with Crippen molar-refractivity contribution in [2.24, 2.45) is 0 Å². The Balaban J connectivity index is 0.000000675. The fourth-order valence-corrected chi connectivity index (χ4v) is 5.64. The molecule has 1 N–H and O–H groups in total. The molecule has 0 aliphatic rings. The molecule has 0 aliphatic carbocycles. The highest BCUT2D eigenvalue weighted by molar-refractivity contribution is 5.97. The maximum atomic E-state index is 13.0. The van der Waals surface area contributed by atoms with E-state index in [0.29, 0.717) is 40.4 Å². The van der Waals surface area contributed by atoms with Gasteiger partial charge in [-0.3, -0.25) is 0 Å². The first-order valence-electron chi connectivity index (χ1n) is 20.6. The summed E-state index contributed by atoms with van der Waals surface area (Å²) in [6, 6.07) is 27.4. The van der Waals surface area contributed by atoms with Gasteiger partial charge in [0, 0.05) is 30.7 Å². The highest BCUT2D eigenvalue weighted by atomic mass is 16.6. The van der Waals surface area contributed by atoms with Crippen LogP contribution in [0.15, 0.2) is 154 Å². The van der Waals surface area contributed by atoms with E-state index < -0.39 is 54.0 Å². The molecular weight excluding hydrogens is 881 g/mol. The number of rotatable bonds is 21. The van der Waals surface area contributed by atoms with Gasteiger partial charge >= 0.3 is 41.8 Å². The van der Waals surface area contributed by atoms with Crippen LogP contribution in [0.1, 0.15) is 49.1 Å². The van der Waals surface area contributed by atoms with E-state index in [1.807, 2.05) is 0 Å². The quantitative estimate of drug-likeness (QED) is 0.0323. The Bertz CT molecular complexity index is 2650. The number of ether oxygens (including phenoxy) is 8. The van der Waals surface area contributed by atoms with Gasteiger partial charge in [0.25, 0.3) is 0 Å². The molecule has 352 valence electrons. The number of aryl methyl sites for hydroxylation is 1. The van der Waals surface area contributed by atoms with Crippen molar-refractivity contribution in [3.05, 3.63) is 182 Å². The van der Waals surface area contributed by atoms with Gasteiger partial charge in [0.2, 0.25) is 0 Å². The van der Waals surface area contributed by atoms with Crippen LogP contribution in [0.5, 0.6) is 23.0 Å². The summed E-state index contributed by atoms with van der Waals surface area (Å²) in [7, 11) is 0. The predicted molar refractivity (Wildman–Crippen MR) is 247 cm³/mol. The maximum absolute atomic E-state index is 13.0. The van der Waals surface area contributed by atoms with E-state index in [1.165, 1.54) is 30.3 Å². The van der Waals surface area contributed by atoms with Crippen LogP contribution in [0.4, 0.5) is 0 Å². The molecule has 16 heteroatoms. The number of carbonyl (C=O) groups is 7. The van der Waals surface area contributed by atoms with Crippen molar-refractivity contribution in [1.29, 1.82) is 0 Å². The second kappa shape index (κ2) is 26.2. The van der Waals surface area contributed by atoms with Crippen LogP contribution in [0.3, 0.4) is 0 Å². The third kappa shape index (κ3) is 17.0. The molecule has 0 saturated heterocycles. The minimum Gasteiger partial charge on any atom is -0.508 e. The Morgan fingerprint density at radius 1 is 0.544 bits per heavy atom. The first-order chi connectivity index (χ1) is 32.6. The minimum absolute atomic E-state index is 0.0183. The second-order valence-corrected chi connectivity index (χ2v) is 14.3. The minimum atomic E-state index is -0.913. The zero-order valence-electron chi connectivity index (χ0n) is 37.2. The van der Waals surface area contributed by atoms with Crippen LogP contribution in [-0.4, -0.2) is 85.5 Å². The van der Waals surface area contributed by atoms with Crippen molar-refractivity contribution in [1.82, 2.24) is 0 Å². The maximum Gasteiger partial charge on any atom is 0.343 e. The van der Waals surface area contributed by atoms with Crippen molar-refractivity contribution in [2.75, 3.05) is 26.4 Å². The van der Waals surface area contributed by atoms with Crippen LogP contribution < -0.4 is 14.2 Å². The van der Waals surface area contributed by atoms with Gasteiger partial charge in [0.15, 0.2) is 6.10 Å². The average Bonchev–Trinajstić information content (AvgIpc) is 3.34. The topological polar surface area (TPSA) is 214 Å². The number of benzene rings is 5. The first kappa shape index (κ1) is 51.8. The lowest BCUT2D eigenvalue weighted by Crippen LogP contribution is -2.30. The summed E-state index contributed by atoms with van der Waals surface area (Å²) >= 11 is 0. The molecule has 0 amide bonds. The van der Waals surface area contributed by atoms with Crippen LogP contribution in [0, 0.1) is 6.92 Å². The van der Waals surface area contributed by atoms with Crippen LogP contribution >= 0.6 is 0 Å². The molecular formula is C52H48O16. The fraction of sp³-hybridized carbons (Fsp3) is 0.173. The number of hydrogen-bond acceptors (Lipinski definition) is 16. The standard InChI is InChI=1S/C43H36O12.C9H12O4/c1-4-39(45)52-26-37(53-40(46)5-2)25-51-38-19-13-32(22-27(38)3)43(49)55-36-18-12-30-23-33(9-8-31(30)24-36)41(47)50-21-20-28-6-16-35(17-7-28)54-42(48)29-10-14-34(44)15-11-29;1-4-8(10)12-6-7(3)13-9(11)5-2/h4-19,22-24,37,44H,1-2,20-21,25-26H2,3H3;4-5,7H,1-2,6H2,3H3. The SMILES string of the molecule is C=CC(=O)OCC(C)OC(=O)C=C.C=CC(=O)OCC(COc1ccc(C(=O)Oc2ccc3cc(C(=O)OCCc4ccc(OC(=O)c5ccc(O)cc5)cc4)ccc3c2)cc1C)OC(=O)C=C. The lowest BCUT2D eigenvalue weighted by molar-refractivity contribution is -0.154. The summed E-state index contributed by atoms with van der Waals surface area (Å²) in [6.07, 6.45) is 3.11. The number of phenols is 1. The van der Waals surface area contributed by atoms with Crippen molar-refractivity contribution in [3.63, 3.8) is 0 Å². The number of aromatic hydroxyl groups is 1. The Labute approximate surface area is 391 Å². The zero-order valence-corrected chi connectivity index (χ0v) is 37.2. The number of fused-ring (bicyclic) bond motifs is 1. The molecule has 2 unspecified atom stereocenters. The van der Waals surface area contributed by atoms with Crippen molar-refractivity contribution in [3.8, 4) is 23.0 Å². The van der Waals surface area contributed by atoms with E-state index in [1.54, 1.807) is 86.6 Å². The number of phenolic OH excluding ortho intramolecular Hbond substituents is 1. The van der Waals surface area contributed by atoms with Crippen LogP contribution in [-0.2, 0) is 49.3 Å². The molecule has 0 radical (unpaired) electrons. The molecule has 0 aromatic heterocycles. The van der Waals surface area contributed by atoms with E-state index in [2.05, 4.69) is 31.1 Å². The summed E-state index contributed by atoms with van der Waals surface area (Å²) < 4.78 is 41.8. The molecule has 5 rings (SSSR count). The van der Waals surface area contributed by atoms with Gasteiger partial charge in [-0.05, 0) is 115 Å². The van der Waals surface area contributed by atoms with E-state index in [9.17, 15) is 38.7 Å². The molecule has 68 heavy (non-hydrogen) atoms.